The van der Waals surface area contributed by atoms with Crippen molar-refractivity contribution in [3.8, 4) is 5.75 Å². The maximum absolute atomic E-state index is 9.97. The van der Waals surface area contributed by atoms with Crippen molar-refractivity contribution in [3.05, 3.63) is 29.3 Å². The van der Waals surface area contributed by atoms with E-state index in [1.165, 1.54) is 6.07 Å². The molecule has 0 aliphatic carbocycles. The van der Waals surface area contributed by atoms with Crippen molar-refractivity contribution >= 4 is 10.1 Å². The molecule has 24 heavy (non-hydrogen) atoms. The van der Waals surface area contributed by atoms with Crippen LogP contribution in [-0.2, 0) is 16.7 Å². The standard InChI is InChI=1S/C13H21NO3.C2H7NO3S/c1-13(2,3)14-7-12(17)9-4-5-11(16)10(6-9)8-15;3-1-2-7(4,5)6/h4-6,12,14-17H,7-8H2,1-3H3;1-3H2,(H,4,5,6). The zero-order valence-corrected chi connectivity index (χ0v) is 15.0. The fraction of sp³-hybridized carbons (Fsp3) is 0.600. The molecule has 1 atom stereocenters. The number of benzene rings is 1. The van der Waals surface area contributed by atoms with Gasteiger partial charge in [-0.25, -0.2) is 0 Å². The maximum atomic E-state index is 9.97. The lowest BCUT2D eigenvalue weighted by molar-refractivity contribution is 0.163. The van der Waals surface area contributed by atoms with E-state index in [0.717, 1.165) is 0 Å². The number of phenols is 1. The van der Waals surface area contributed by atoms with Crippen molar-refractivity contribution in [1.29, 1.82) is 0 Å². The van der Waals surface area contributed by atoms with E-state index in [2.05, 4.69) is 5.32 Å². The molecule has 0 aliphatic heterocycles. The zero-order chi connectivity index (χ0) is 19.0. The molecule has 0 fully saturated rings. The van der Waals surface area contributed by atoms with Gasteiger partial charge in [-0.05, 0) is 38.5 Å². The van der Waals surface area contributed by atoms with E-state index in [9.17, 15) is 18.6 Å². The Bertz CT molecular complexity index is 598. The molecular formula is C15H28N2O6S. The molecule has 1 aromatic carbocycles. The first-order chi connectivity index (χ1) is 10.9. The molecule has 0 bridgehead atoms. The van der Waals surface area contributed by atoms with E-state index in [1.54, 1.807) is 12.1 Å². The van der Waals surface area contributed by atoms with Crippen LogP contribution in [0.4, 0.5) is 0 Å². The summed E-state index contributed by atoms with van der Waals surface area (Å²) in [6.07, 6.45) is -0.653. The Kier molecular flexibility index (Phi) is 9.41. The second kappa shape index (κ2) is 9.92. The Morgan fingerprint density at radius 2 is 1.88 bits per heavy atom. The number of nitrogens with two attached hydrogens (primary N) is 1. The minimum Gasteiger partial charge on any atom is -0.508 e. The Morgan fingerprint density at radius 3 is 2.25 bits per heavy atom. The summed E-state index contributed by atoms with van der Waals surface area (Å²) < 4.78 is 27.3. The number of aliphatic hydroxyl groups excluding tert-OH is 2. The van der Waals surface area contributed by atoms with E-state index in [-0.39, 0.29) is 30.2 Å². The average Bonchev–Trinajstić information content (AvgIpc) is 2.44. The lowest BCUT2D eigenvalue weighted by Crippen LogP contribution is -2.38. The van der Waals surface area contributed by atoms with Crippen LogP contribution in [0.25, 0.3) is 0 Å². The molecule has 0 amide bonds. The lowest BCUT2D eigenvalue weighted by Gasteiger charge is -2.23. The normalized spacial score (nSPS) is 13.1. The van der Waals surface area contributed by atoms with Gasteiger partial charge in [0.05, 0.1) is 18.5 Å². The van der Waals surface area contributed by atoms with Crippen LogP contribution in [0.1, 0.15) is 38.0 Å². The largest absolute Gasteiger partial charge is 0.508 e. The minimum atomic E-state index is -3.80. The molecule has 0 spiro atoms. The van der Waals surface area contributed by atoms with Crippen LogP contribution in [0.5, 0.6) is 5.75 Å². The molecule has 8 nitrogen and oxygen atoms in total. The predicted octanol–water partition coefficient (Wildman–Crippen LogP) is 0.139. The van der Waals surface area contributed by atoms with E-state index in [1.807, 2.05) is 20.8 Å². The number of aliphatic hydroxyl groups is 2. The van der Waals surface area contributed by atoms with Crippen molar-refractivity contribution in [2.75, 3.05) is 18.8 Å². The lowest BCUT2D eigenvalue weighted by atomic mass is 10.0. The van der Waals surface area contributed by atoms with E-state index in [4.69, 9.17) is 15.4 Å². The Morgan fingerprint density at radius 1 is 1.29 bits per heavy atom. The molecular weight excluding hydrogens is 336 g/mol. The number of aromatic hydroxyl groups is 1. The molecule has 0 saturated heterocycles. The van der Waals surface area contributed by atoms with Gasteiger partial charge >= 0.3 is 0 Å². The third-order valence-corrected chi connectivity index (χ3v) is 3.61. The highest BCUT2D eigenvalue weighted by molar-refractivity contribution is 7.85. The molecule has 0 heterocycles. The van der Waals surface area contributed by atoms with Crippen LogP contribution in [-0.4, -0.2) is 52.7 Å². The third-order valence-electron chi connectivity index (χ3n) is 2.86. The van der Waals surface area contributed by atoms with Crippen LogP contribution in [0.3, 0.4) is 0 Å². The Labute approximate surface area is 143 Å². The van der Waals surface area contributed by atoms with Crippen molar-refractivity contribution in [3.63, 3.8) is 0 Å². The van der Waals surface area contributed by atoms with Gasteiger partial charge in [-0.15, -0.1) is 0 Å². The van der Waals surface area contributed by atoms with Crippen molar-refractivity contribution in [2.45, 2.75) is 39.0 Å². The highest BCUT2D eigenvalue weighted by Gasteiger charge is 2.14. The molecule has 9 heteroatoms. The molecule has 0 aromatic heterocycles. The average molecular weight is 364 g/mol. The van der Waals surface area contributed by atoms with Gasteiger partial charge in [-0.3, -0.25) is 4.55 Å². The molecule has 0 aliphatic rings. The molecule has 0 saturated carbocycles. The highest BCUT2D eigenvalue weighted by Crippen LogP contribution is 2.22. The van der Waals surface area contributed by atoms with Gasteiger partial charge < -0.3 is 26.4 Å². The van der Waals surface area contributed by atoms with Gasteiger partial charge in [-0.2, -0.15) is 8.42 Å². The molecule has 140 valence electrons. The fourth-order valence-corrected chi connectivity index (χ4v) is 1.91. The Balaban J connectivity index is 0.000000640. The van der Waals surface area contributed by atoms with Gasteiger partial charge in [0.15, 0.2) is 0 Å². The molecule has 1 rings (SSSR count). The van der Waals surface area contributed by atoms with Crippen molar-refractivity contribution in [1.82, 2.24) is 5.32 Å². The summed E-state index contributed by atoms with van der Waals surface area (Å²) in [5.74, 6) is -0.306. The first-order valence-electron chi connectivity index (χ1n) is 7.40. The summed E-state index contributed by atoms with van der Waals surface area (Å²) in [6.45, 7) is 6.23. The fourth-order valence-electron chi connectivity index (χ4n) is 1.61. The molecule has 1 unspecified atom stereocenters. The maximum Gasteiger partial charge on any atom is 0.266 e. The second-order valence-electron chi connectivity index (χ2n) is 6.27. The van der Waals surface area contributed by atoms with Crippen LogP contribution in [0.15, 0.2) is 18.2 Å². The second-order valence-corrected chi connectivity index (χ2v) is 7.84. The molecule has 0 radical (unpaired) electrons. The molecule has 1 aromatic rings. The zero-order valence-electron chi connectivity index (χ0n) is 14.2. The van der Waals surface area contributed by atoms with Gasteiger partial charge in [0.2, 0.25) is 0 Å². The quantitative estimate of drug-likeness (QED) is 0.390. The predicted molar refractivity (Wildman–Crippen MR) is 92.2 cm³/mol. The molecule has 7 N–H and O–H groups in total. The van der Waals surface area contributed by atoms with Crippen LogP contribution >= 0.6 is 0 Å². The van der Waals surface area contributed by atoms with Gasteiger partial charge in [0.25, 0.3) is 10.1 Å². The summed E-state index contributed by atoms with van der Waals surface area (Å²) >= 11 is 0. The summed E-state index contributed by atoms with van der Waals surface area (Å²) in [5, 5.41) is 31.6. The van der Waals surface area contributed by atoms with Crippen molar-refractivity contribution in [2.24, 2.45) is 5.73 Å². The van der Waals surface area contributed by atoms with Gasteiger partial charge in [-0.1, -0.05) is 6.07 Å². The number of nitrogens with one attached hydrogen (secondary N) is 1. The number of hydrogen-bond acceptors (Lipinski definition) is 7. The monoisotopic (exact) mass is 364 g/mol. The summed E-state index contributed by atoms with van der Waals surface area (Å²) in [4.78, 5) is 0. The number of β-amino-alcohol motifs (C(OH)–C–C–N with tert-alkyl or cyclic N) is 1. The summed E-state index contributed by atoms with van der Waals surface area (Å²) in [5.41, 5.74) is 5.83. The van der Waals surface area contributed by atoms with Crippen LogP contribution in [0, 0.1) is 0 Å². The van der Waals surface area contributed by atoms with E-state index in [0.29, 0.717) is 17.7 Å². The SMILES string of the molecule is CC(C)(C)NCC(O)c1ccc(O)c(CO)c1.NCCS(=O)(=O)O. The van der Waals surface area contributed by atoms with E-state index < -0.39 is 16.2 Å². The summed E-state index contributed by atoms with van der Waals surface area (Å²) in [7, 11) is -3.80. The minimum absolute atomic E-state index is 0.0289. The number of hydrogen-bond donors (Lipinski definition) is 6. The van der Waals surface area contributed by atoms with Crippen LogP contribution < -0.4 is 11.1 Å². The smallest absolute Gasteiger partial charge is 0.266 e. The van der Waals surface area contributed by atoms with Gasteiger partial charge in [0, 0.05) is 24.2 Å². The topological polar surface area (TPSA) is 153 Å². The highest BCUT2D eigenvalue weighted by atomic mass is 32.2. The first-order valence-corrected chi connectivity index (χ1v) is 9.01. The van der Waals surface area contributed by atoms with Crippen LogP contribution in [0.2, 0.25) is 0 Å². The van der Waals surface area contributed by atoms with Gasteiger partial charge in [0.1, 0.15) is 5.75 Å². The third kappa shape index (κ3) is 10.5. The summed E-state index contributed by atoms with van der Waals surface area (Å²) in [6, 6.07) is 4.76. The Hall–Kier alpha value is -1.23. The van der Waals surface area contributed by atoms with E-state index >= 15 is 0 Å². The van der Waals surface area contributed by atoms with Crippen molar-refractivity contribution < 1.29 is 28.3 Å². The number of rotatable bonds is 6. The first kappa shape index (κ1) is 22.8.